The molecule has 136 valence electrons. The number of hydrogen-bond donors (Lipinski definition) is 0. The molecule has 0 saturated heterocycles. The highest BCUT2D eigenvalue weighted by Crippen LogP contribution is 2.50. The van der Waals surface area contributed by atoms with Crippen molar-refractivity contribution < 1.29 is 4.39 Å². The van der Waals surface area contributed by atoms with Crippen molar-refractivity contribution >= 4 is 0 Å². The summed E-state index contributed by atoms with van der Waals surface area (Å²) in [5.41, 5.74) is 1.39. The number of nitrogens with zero attached hydrogens (tertiary/aromatic N) is 2. The van der Waals surface area contributed by atoms with Gasteiger partial charge in [0.1, 0.15) is 5.69 Å². The van der Waals surface area contributed by atoms with E-state index in [-0.39, 0.29) is 11.3 Å². The predicted octanol–water partition coefficient (Wildman–Crippen LogP) is 5.47. The van der Waals surface area contributed by atoms with Crippen LogP contribution in [0.2, 0.25) is 0 Å². The molecule has 1 aromatic heterocycles. The maximum absolute atomic E-state index is 15.6. The molecule has 0 N–H and O–H groups in total. The van der Waals surface area contributed by atoms with Crippen molar-refractivity contribution in [3.8, 4) is 11.8 Å². The maximum Gasteiger partial charge on any atom is 0.171 e. The molecule has 1 aliphatic rings. The van der Waals surface area contributed by atoms with Crippen molar-refractivity contribution in [2.24, 2.45) is 11.3 Å². The molecule has 2 nitrogen and oxygen atoms in total. The highest BCUT2D eigenvalue weighted by atomic mass is 19.1. The lowest BCUT2D eigenvalue weighted by Crippen LogP contribution is -2.39. The van der Waals surface area contributed by atoms with Crippen LogP contribution in [-0.2, 0) is 0 Å². The van der Waals surface area contributed by atoms with Gasteiger partial charge < -0.3 is 0 Å². The van der Waals surface area contributed by atoms with Gasteiger partial charge in [-0.3, -0.25) is 0 Å². The molecule has 0 bridgehead atoms. The van der Waals surface area contributed by atoms with E-state index in [1.165, 1.54) is 5.56 Å². The van der Waals surface area contributed by atoms with Crippen molar-refractivity contribution in [1.29, 1.82) is 0 Å². The molecule has 2 aromatic rings. The Balaban J connectivity index is 1.89. The summed E-state index contributed by atoms with van der Waals surface area (Å²) in [5, 5.41) is 7.90. The molecule has 26 heavy (non-hydrogen) atoms. The summed E-state index contributed by atoms with van der Waals surface area (Å²) in [6, 6.07) is 12.2. The van der Waals surface area contributed by atoms with Crippen LogP contribution in [-0.4, -0.2) is 15.9 Å². The van der Waals surface area contributed by atoms with Crippen LogP contribution in [0, 0.1) is 30.1 Å². The summed E-state index contributed by atoms with van der Waals surface area (Å²) < 4.78 is 15.6. The minimum atomic E-state index is -1.48. The molecular formula is C23H27FN2. The van der Waals surface area contributed by atoms with Gasteiger partial charge in [0, 0.05) is 0 Å². The number of alkyl halides is 1. The lowest BCUT2D eigenvalue weighted by molar-refractivity contribution is 0.0676. The molecule has 1 unspecified atom stereocenters. The zero-order chi connectivity index (χ0) is 18.8. The number of halogens is 1. The molecule has 1 fully saturated rings. The molecule has 3 rings (SSSR count). The Bertz CT molecular complexity index is 813. The Hall–Kier alpha value is -2.21. The second kappa shape index (κ2) is 7.19. The molecule has 0 amide bonds. The van der Waals surface area contributed by atoms with Gasteiger partial charge in [-0.1, -0.05) is 57.0 Å². The zero-order valence-electron chi connectivity index (χ0n) is 16.1. The van der Waals surface area contributed by atoms with Crippen LogP contribution < -0.4 is 0 Å². The highest BCUT2D eigenvalue weighted by molar-refractivity contribution is 5.33. The monoisotopic (exact) mass is 350 g/mol. The van der Waals surface area contributed by atoms with Crippen molar-refractivity contribution in [3.63, 3.8) is 0 Å². The molecule has 1 heterocycles. The van der Waals surface area contributed by atoms with E-state index in [4.69, 9.17) is 0 Å². The molecule has 3 atom stereocenters. The Morgan fingerprint density at radius 3 is 2.58 bits per heavy atom. The van der Waals surface area contributed by atoms with Crippen LogP contribution in [0.25, 0.3) is 0 Å². The predicted molar refractivity (Wildman–Crippen MR) is 103 cm³/mol. The van der Waals surface area contributed by atoms with Crippen molar-refractivity contribution in [2.75, 3.05) is 0 Å². The number of benzene rings is 1. The molecule has 0 radical (unpaired) electrons. The van der Waals surface area contributed by atoms with E-state index in [1.807, 2.05) is 31.2 Å². The Morgan fingerprint density at radius 2 is 1.92 bits per heavy atom. The van der Waals surface area contributed by atoms with Gasteiger partial charge in [-0.25, -0.2) is 4.39 Å². The minimum absolute atomic E-state index is 0.136. The molecule has 1 aromatic carbocycles. The van der Waals surface area contributed by atoms with Gasteiger partial charge in [-0.05, 0) is 66.6 Å². The lowest BCUT2D eigenvalue weighted by Gasteiger charge is -2.44. The van der Waals surface area contributed by atoms with Crippen LogP contribution in [0.5, 0.6) is 0 Å². The average molecular weight is 350 g/mol. The first kappa shape index (κ1) is 18.6. The number of aryl methyl sites for hydroxylation is 1. The number of rotatable bonds is 1. The highest BCUT2D eigenvalue weighted by Gasteiger charge is 2.44. The van der Waals surface area contributed by atoms with Crippen LogP contribution in [0.1, 0.15) is 62.8 Å². The van der Waals surface area contributed by atoms with Gasteiger partial charge >= 0.3 is 0 Å². The fraction of sp³-hybridized carbons (Fsp3) is 0.478. The molecular weight excluding hydrogens is 323 g/mol. The quantitative estimate of drug-likeness (QED) is 0.637. The number of hydrogen-bond acceptors (Lipinski definition) is 2. The van der Waals surface area contributed by atoms with E-state index in [0.29, 0.717) is 24.5 Å². The minimum Gasteiger partial charge on any atom is -0.230 e. The first-order valence-electron chi connectivity index (χ1n) is 9.33. The Kier molecular flexibility index (Phi) is 5.14. The maximum atomic E-state index is 15.6. The third-order valence-corrected chi connectivity index (χ3v) is 5.43. The summed E-state index contributed by atoms with van der Waals surface area (Å²) in [4.78, 5) is 0. The van der Waals surface area contributed by atoms with Crippen molar-refractivity contribution in [2.45, 2.75) is 58.5 Å². The van der Waals surface area contributed by atoms with Crippen LogP contribution in [0.4, 0.5) is 4.39 Å². The summed E-state index contributed by atoms with van der Waals surface area (Å²) in [5.74, 6) is 6.43. The standard InChI is InChI=1S/C23H27FN2/c1-17-14-19(26-25-16-17)10-12-23(24)13-11-21(22(2,3)4)20(15-23)18-8-6-5-7-9-18/h5-9,14,16,20-21H,11,13,15H2,1-4H3/t20-,21+,23?/m0/s1. The van der Waals surface area contributed by atoms with E-state index in [9.17, 15) is 0 Å². The van der Waals surface area contributed by atoms with Gasteiger partial charge in [0.15, 0.2) is 5.67 Å². The normalized spacial score (nSPS) is 26.0. The van der Waals surface area contributed by atoms with E-state index in [2.05, 4.69) is 54.9 Å². The Morgan fingerprint density at radius 1 is 1.19 bits per heavy atom. The number of aromatic nitrogens is 2. The SMILES string of the molecule is Cc1cnnc(C#CC2(F)CC[C@@H](C(C)(C)C)[C@H](c3ccccc3)C2)c1. The largest absolute Gasteiger partial charge is 0.230 e. The lowest BCUT2D eigenvalue weighted by atomic mass is 9.61. The zero-order valence-corrected chi connectivity index (χ0v) is 16.1. The van der Waals surface area contributed by atoms with Gasteiger partial charge in [-0.2, -0.15) is 5.10 Å². The van der Waals surface area contributed by atoms with Crippen LogP contribution >= 0.6 is 0 Å². The topological polar surface area (TPSA) is 25.8 Å². The van der Waals surface area contributed by atoms with E-state index in [1.54, 1.807) is 6.20 Å². The van der Waals surface area contributed by atoms with Gasteiger partial charge in [0.25, 0.3) is 0 Å². The summed E-state index contributed by atoms with van der Waals surface area (Å²) in [7, 11) is 0. The third-order valence-electron chi connectivity index (χ3n) is 5.43. The van der Waals surface area contributed by atoms with Gasteiger partial charge in [0.2, 0.25) is 0 Å². The smallest absolute Gasteiger partial charge is 0.171 e. The molecule has 1 saturated carbocycles. The average Bonchev–Trinajstić information content (AvgIpc) is 2.60. The molecule has 0 aliphatic heterocycles. The Labute approximate surface area is 156 Å². The van der Waals surface area contributed by atoms with Crippen molar-refractivity contribution in [1.82, 2.24) is 10.2 Å². The summed E-state index contributed by atoms with van der Waals surface area (Å²) >= 11 is 0. The summed E-state index contributed by atoms with van der Waals surface area (Å²) in [6.07, 6.45) is 3.43. The fourth-order valence-corrected chi connectivity index (χ4v) is 4.08. The van der Waals surface area contributed by atoms with E-state index >= 15 is 4.39 Å². The second-order valence-electron chi connectivity index (χ2n) is 8.57. The molecule has 1 aliphatic carbocycles. The van der Waals surface area contributed by atoms with E-state index < -0.39 is 5.67 Å². The van der Waals surface area contributed by atoms with E-state index in [0.717, 1.165) is 12.0 Å². The first-order chi connectivity index (χ1) is 12.3. The molecule has 0 spiro atoms. The van der Waals surface area contributed by atoms with Crippen LogP contribution in [0.3, 0.4) is 0 Å². The van der Waals surface area contributed by atoms with Gasteiger partial charge in [-0.15, -0.1) is 5.10 Å². The second-order valence-corrected chi connectivity index (χ2v) is 8.57. The first-order valence-corrected chi connectivity index (χ1v) is 9.33. The third kappa shape index (κ3) is 4.30. The fourth-order valence-electron chi connectivity index (χ4n) is 4.08. The van der Waals surface area contributed by atoms with Crippen LogP contribution in [0.15, 0.2) is 42.6 Å². The van der Waals surface area contributed by atoms with Gasteiger partial charge in [0.05, 0.1) is 6.20 Å². The van der Waals surface area contributed by atoms with Crippen molar-refractivity contribution in [3.05, 3.63) is 59.4 Å². The molecule has 3 heteroatoms. The summed E-state index contributed by atoms with van der Waals surface area (Å²) in [6.45, 7) is 8.71.